The second-order valence-electron chi connectivity index (χ2n) is 3.85. The fourth-order valence-corrected chi connectivity index (χ4v) is 2.31. The van der Waals surface area contributed by atoms with Crippen molar-refractivity contribution < 1.29 is 8.78 Å². The van der Waals surface area contributed by atoms with Crippen molar-refractivity contribution in [3.63, 3.8) is 0 Å². The van der Waals surface area contributed by atoms with Crippen molar-refractivity contribution in [2.45, 2.75) is 24.3 Å². The summed E-state index contributed by atoms with van der Waals surface area (Å²) >= 11 is 11.5. The van der Waals surface area contributed by atoms with E-state index >= 15 is 0 Å². The summed E-state index contributed by atoms with van der Waals surface area (Å²) in [5.74, 6) is -2.70. The number of hydrogen-bond donors (Lipinski definition) is 1. The Morgan fingerprint density at radius 2 is 1.93 bits per heavy atom. The molecule has 1 aliphatic rings. The summed E-state index contributed by atoms with van der Waals surface area (Å²) in [6.07, 6.45) is 0.518. The molecule has 1 aromatic rings. The minimum atomic E-state index is -2.70. The molecule has 15 heavy (non-hydrogen) atoms. The fourth-order valence-electron chi connectivity index (χ4n) is 1.86. The Morgan fingerprint density at radius 1 is 1.33 bits per heavy atom. The lowest BCUT2D eigenvalue weighted by Crippen LogP contribution is -2.55. The minimum Gasteiger partial charge on any atom is -0.321 e. The van der Waals surface area contributed by atoms with E-state index in [0.717, 1.165) is 0 Å². The van der Waals surface area contributed by atoms with E-state index in [-0.39, 0.29) is 10.2 Å². The molecular weight excluding hydrogens is 245 g/mol. The molecule has 0 aliphatic heterocycles. The number of alkyl halides is 2. The molecule has 82 valence electrons. The highest BCUT2D eigenvalue weighted by Crippen LogP contribution is 2.51. The first kappa shape index (κ1) is 11.0. The van der Waals surface area contributed by atoms with Crippen molar-refractivity contribution in [2.75, 3.05) is 0 Å². The summed E-state index contributed by atoms with van der Waals surface area (Å²) < 4.78 is 25.6. The van der Waals surface area contributed by atoms with E-state index in [1.165, 1.54) is 12.3 Å². The van der Waals surface area contributed by atoms with Crippen molar-refractivity contribution >= 4 is 23.2 Å². The van der Waals surface area contributed by atoms with Crippen LogP contribution in [0.25, 0.3) is 0 Å². The van der Waals surface area contributed by atoms with Gasteiger partial charge in [-0.15, -0.1) is 0 Å². The van der Waals surface area contributed by atoms with Gasteiger partial charge in [0.25, 0.3) is 5.92 Å². The maximum absolute atomic E-state index is 12.8. The Kier molecular flexibility index (Phi) is 2.41. The average Bonchev–Trinajstić information content (AvgIpc) is 2.05. The first-order valence-corrected chi connectivity index (χ1v) is 5.06. The zero-order chi connectivity index (χ0) is 11.3. The van der Waals surface area contributed by atoms with Crippen LogP contribution in [0.1, 0.15) is 18.4 Å². The van der Waals surface area contributed by atoms with Crippen molar-refractivity contribution in [1.29, 1.82) is 0 Å². The van der Waals surface area contributed by atoms with Crippen molar-refractivity contribution in [3.05, 3.63) is 28.0 Å². The third kappa shape index (κ3) is 1.94. The van der Waals surface area contributed by atoms with Crippen LogP contribution in [0.4, 0.5) is 8.78 Å². The van der Waals surface area contributed by atoms with Gasteiger partial charge in [0.1, 0.15) is 5.15 Å². The van der Waals surface area contributed by atoms with Crippen LogP contribution in [0.15, 0.2) is 12.3 Å². The van der Waals surface area contributed by atoms with E-state index in [2.05, 4.69) is 4.98 Å². The number of nitrogens with zero attached hydrogens (tertiary/aromatic N) is 1. The second kappa shape index (κ2) is 3.27. The molecule has 0 unspecified atom stereocenters. The number of hydrogen-bond acceptors (Lipinski definition) is 2. The molecule has 1 heterocycles. The lowest BCUT2D eigenvalue weighted by atomic mass is 9.70. The third-order valence-electron chi connectivity index (χ3n) is 2.51. The molecule has 6 heteroatoms. The number of halogens is 4. The van der Waals surface area contributed by atoms with Crippen LogP contribution in [0, 0.1) is 0 Å². The van der Waals surface area contributed by atoms with Gasteiger partial charge in [-0.05, 0) is 11.6 Å². The predicted octanol–water partition coefficient (Wildman–Crippen LogP) is 2.97. The Bertz CT molecular complexity index is 401. The molecule has 0 spiro atoms. The lowest BCUT2D eigenvalue weighted by molar-refractivity contribution is -0.125. The van der Waals surface area contributed by atoms with Crippen LogP contribution < -0.4 is 5.73 Å². The normalized spacial score (nSPS) is 22.2. The first-order chi connectivity index (χ1) is 6.82. The maximum atomic E-state index is 12.8. The molecular formula is C9H8Cl2F2N2. The van der Waals surface area contributed by atoms with E-state index in [4.69, 9.17) is 28.9 Å². The molecule has 1 aliphatic carbocycles. The largest absolute Gasteiger partial charge is 0.321 e. The Morgan fingerprint density at radius 3 is 2.47 bits per heavy atom. The highest BCUT2D eigenvalue weighted by Gasteiger charge is 2.55. The van der Waals surface area contributed by atoms with Gasteiger partial charge in [-0.25, -0.2) is 13.8 Å². The molecule has 0 atom stereocenters. The Labute approximate surface area is 95.4 Å². The third-order valence-corrected chi connectivity index (χ3v) is 3.01. The molecule has 0 saturated heterocycles. The molecule has 1 aromatic heterocycles. The average molecular weight is 253 g/mol. The van der Waals surface area contributed by atoms with E-state index < -0.39 is 24.3 Å². The molecule has 0 amide bonds. The van der Waals surface area contributed by atoms with Gasteiger partial charge in [-0.2, -0.15) is 0 Å². The van der Waals surface area contributed by atoms with Gasteiger partial charge in [0, 0.05) is 19.0 Å². The molecule has 2 nitrogen and oxygen atoms in total. The van der Waals surface area contributed by atoms with Crippen LogP contribution in [-0.2, 0) is 5.54 Å². The van der Waals surface area contributed by atoms with Crippen LogP contribution in [-0.4, -0.2) is 10.9 Å². The van der Waals surface area contributed by atoms with Gasteiger partial charge < -0.3 is 5.73 Å². The van der Waals surface area contributed by atoms with Gasteiger partial charge in [0.05, 0.1) is 10.6 Å². The summed E-state index contributed by atoms with van der Waals surface area (Å²) in [5.41, 5.74) is 5.18. The van der Waals surface area contributed by atoms with Crippen LogP contribution in [0.3, 0.4) is 0 Å². The van der Waals surface area contributed by atoms with E-state index in [0.29, 0.717) is 5.56 Å². The zero-order valence-corrected chi connectivity index (χ0v) is 9.12. The first-order valence-electron chi connectivity index (χ1n) is 4.31. The SMILES string of the molecule is NC1(c2cc(Cl)ncc2Cl)CC(F)(F)C1. The van der Waals surface area contributed by atoms with Crippen molar-refractivity contribution in [2.24, 2.45) is 5.73 Å². The summed E-state index contributed by atoms with van der Waals surface area (Å²) in [7, 11) is 0. The summed E-state index contributed by atoms with van der Waals surface area (Å²) in [4.78, 5) is 3.74. The zero-order valence-electron chi connectivity index (χ0n) is 7.61. The topological polar surface area (TPSA) is 38.9 Å². The van der Waals surface area contributed by atoms with Crippen LogP contribution in [0.5, 0.6) is 0 Å². The minimum absolute atomic E-state index is 0.203. The molecule has 1 fully saturated rings. The van der Waals surface area contributed by atoms with Gasteiger partial charge in [-0.1, -0.05) is 23.2 Å². The van der Waals surface area contributed by atoms with Gasteiger partial charge in [0.15, 0.2) is 0 Å². The molecule has 1 saturated carbocycles. The quantitative estimate of drug-likeness (QED) is 0.781. The van der Waals surface area contributed by atoms with E-state index in [9.17, 15) is 8.78 Å². The molecule has 0 bridgehead atoms. The molecule has 0 aromatic carbocycles. The number of rotatable bonds is 1. The lowest BCUT2D eigenvalue weighted by Gasteiger charge is -2.45. The number of pyridine rings is 1. The smallest absolute Gasteiger partial charge is 0.252 e. The van der Waals surface area contributed by atoms with Crippen molar-refractivity contribution in [3.8, 4) is 0 Å². The predicted molar refractivity (Wildman–Crippen MR) is 54.3 cm³/mol. The van der Waals surface area contributed by atoms with Gasteiger partial charge in [-0.3, -0.25) is 0 Å². The fraction of sp³-hybridized carbons (Fsp3) is 0.444. The Balaban J connectivity index is 2.35. The van der Waals surface area contributed by atoms with Crippen LogP contribution >= 0.6 is 23.2 Å². The van der Waals surface area contributed by atoms with Crippen molar-refractivity contribution in [1.82, 2.24) is 4.98 Å². The second-order valence-corrected chi connectivity index (χ2v) is 4.65. The maximum Gasteiger partial charge on any atom is 0.252 e. The summed E-state index contributed by atoms with van der Waals surface area (Å²) in [5, 5.41) is 0.479. The number of aromatic nitrogens is 1. The molecule has 2 rings (SSSR count). The summed E-state index contributed by atoms with van der Waals surface area (Å²) in [6.45, 7) is 0. The summed E-state index contributed by atoms with van der Waals surface area (Å²) in [6, 6.07) is 1.44. The Hall–Kier alpha value is -0.450. The van der Waals surface area contributed by atoms with Gasteiger partial charge >= 0.3 is 0 Å². The monoisotopic (exact) mass is 252 g/mol. The highest BCUT2D eigenvalue weighted by molar-refractivity contribution is 6.32. The molecule has 2 N–H and O–H groups in total. The number of nitrogens with two attached hydrogens (primary N) is 1. The van der Waals surface area contributed by atoms with Gasteiger partial charge in [0.2, 0.25) is 0 Å². The highest BCUT2D eigenvalue weighted by atomic mass is 35.5. The standard InChI is InChI=1S/C9H8Cl2F2N2/c10-6-2-15-7(11)1-5(6)8(14)3-9(12,13)4-8/h1-2H,3-4,14H2. The molecule has 0 radical (unpaired) electrons. The van der Waals surface area contributed by atoms with E-state index in [1.807, 2.05) is 0 Å². The van der Waals surface area contributed by atoms with Crippen LogP contribution in [0.2, 0.25) is 10.2 Å². The van der Waals surface area contributed by atoms with E-state index in [1.54, 1.807) is 0 Å².